The van der Waals surface area contributed by atoms with Crippen molar-refractivity contribution in [2.24, 2.45) is 0 Å². The van der Waals surface area contributed by atoms with Crippen molar-refractivity contribution < 1.29 is 8.78 Å². The lowest BCUT2D eigenvalue weighted by molar-refractivity contribution is 0.134. The molecule has 94 valence electrons. The fraction of sp³-hybridized carbons (Fsp3) is 0.615. The van der Waals surface area contributed by atoms with Crippen LogP contribution in [-0.4, -0.2) is 18.0 Å². The second-order valence-corrected chi connectivity index (χ2v) is 4.48. The summed E-state index contributed by atoms with van der Waals surface area (Å²) in [4.78, 5) is 4.53. The van der Waals surface area contributed by atoms with Crippen molar-refractivity contribution in [2.45, 2.75) is 45.0 Å². The van der Waals surface area contributed by atoms with Crippen molar-refractivity contribution in [3.8, 4) is 0 Å². The second kappa shape index (κ2) is 5.94. The Morgan fingerprint density at radius 1 is 1.29 bits per heavy atom. The van der Waals surface area contributed by atoms with E-state index in [1.165, 1.54) is 5.56 Å². The highest BCUT2D eigenvalue weighted by molar-refractivity contribution is 5.46. The highest BCUT2D eigenvalue weighted by Gasteiger charge is 2.10. The van der Waals surface area contributed by atoms with Gasteiger partial charge in [0.05, 0.1) is 0 Å². The summed E-state index contributed by atoms with van der Waals surface area (Å²) in [6.45, 7) is 0.981. The van der Waals surface area contributed by atoms with Gasteiger partial charge in [-0.2, -0.15) is 0 Å². The molecule has 0 aromatic carbocycles. The van der Waals surface area contributed by atoms with E-state index in [4.69, 9.17) is 0 Å². The lowest BCUT2D eigenvalue weighted by Crippen LogP contribution is -2.14. The molecule has 0 amide bonds. The maximum absolute atomic E-state index is 12.0. The lowest BCUT2D eigenvalue weighted by Gasteiger charge is -2.17. The molecular weight excluding hydrogens is 222 g/mol. The van der Waals surface area contributed by atoms with Gasteiger partial charge < -0.3 is 5.32 Å². The maximum Gasteiger partial charge on any atom is 0.238 e. The van der Waals surface area contributed by atoms with Gasteiger partial charge in [-0.15, -0.1) is 0 Å². The number of halogens is 2. The minimum atomic E-state index is -2.17. The summed E-state index contributed by atoms with van der Waals surface area (Å²) in [5.41, 5.74) is 2.28. The van der Waals surface area contributed by atoms with Crippen LogP contribution in [0.3, 0.4) is 0 Å². The Balaban J connectivity index is 1.85. The maximum atomic E-state index is 12.0. The summed E-state index contributed by atoms with van der Waals surface area (Å²) in [6.07, 6.45) is 2.22. The molecular formula is C13H18F2N2. The van der Waals surface area contributed by atoms with Crippen molar-refractivity contribution in [3.63, 3.8) is 0 Å². The lowest BCUT2D eigenvalue weighted by atomic mass is 10.1. The fourth-order valence-electron chi connectivity index (χ4n) is 2.11. The van der Waals surface area contributed by atoms with Gasteiger partial charge in [-0.05, 0) is 43.7 Å². The molecule has 17 heavy (non-hydrogen) atoms. The van der Waals surface area contributed by atoms with E-state index in [2.05, 4.69) is 16.4 Å². The van der Waals surface area contributed by atoms with E-state index in [0.29, 0.717) is 6.42 Å². The first-order valence-electron chi connectivity index (χ1n) is 6.26. The summed E-state index contributed by atoms with van der Waals surface area (Å²) in [5, 5.41) is 3.28. The van der Waals surface area contributed by atoms with Gasteiger partial charge in [0.15, 0.2) is 0 Å². The first kappa shape index (κ1) is 12.3. The largest absolute Gasteiger partial charge is 0.370 e. The molecule has 2 nitrogen and oxygen atoms in total. The number of pyridine rings is 1. The molecule has 1 aromatic rings. The van der Waals surface area contributed by atoms with Gasteiger partial charge in [-0.1, -0.05) is 6.07 Å². The van der Waals surface area contributed by atoms with Crippen LogP contribution in [0.5, 0.6) is 0 Å². The van der Waals surface area contributed by atoms with Gasteiger partial charge >= 0.3 is 0 Å². The third-order valence-electron chi connectivity index (χ3n) is 3.06. The van der Waals surface area contributed by atoms with Gasteiger partial charge in [0.25, 0.3) is 0 Å². The average Bonchev–Trinajstić information content (AvgIpc) is 2.34. The Morgan fingerprint density at radius 3 is 3.00 bits per heavy atom. The number of hydrogen-bond donors (Lipinski definition) is 1. The predicted molar refractivity (Wildman–Crippen MR) is 64.6 cm³/mol. The molecule has 1 aromatic heterocycles. The molecule has 0 saturated carbocycles. The van der Waals surface area contributed by atoms with Crippen LogP contribution in [0.4, 0.5) is 14.6 Å². The van der Waals surface area contributed by atoms with Crippen LogP contribution >= 0.6 is 0 Å². The van der Waals surface area contributed by atoms with Crippen LogP contribution in [-0.2, 0) is 12.8 Å². The normalized spacial score (nSPS) is 14.5. The zero-order valence-electron chi connectivity index (χ0n) is 9.88. The molecule has 1 N–H and O–H groups in total. The monoisotopic (exact) mass is 240 g/mol. The second-order valence-electron chi connectivity index (χ2n) is 4.48. The Labute approximate surface area is 100 Å². The van der Waals surface area contributed by atoms with Gasteiger partial charge in [0.1, 0.15) is 5.82 Å². The number of nitrogens with one attached hydrogen (secondary N) is 1. The van der Waals surface area contributed by atoms with Crippen molar-refractivity contribution in [2.75, 3.05) is 11.9 Å². The highest BCUT2D eigenvalue weighted by atomic mass is 19.3. The molecule has 0 spiro atoms. The van der Waals surface area contributed by atoms with E-state index in [-0.39, 0.29) is 6.42 Å². The molecule has 0 bridgehead atoms. The van der Waals surface area contributed by atoms with Crippen molar-refractivity contribution in [3.05, 3.63) is 23.4 Å². The summed E-state index contributed by atoms with van der Waals surface area (Å²) in [7, 11) is 0. The van der Waals surface area contributed by atoms with Gasteiger partial charge in [-0.25, -0.2) is 13.8 Å². The van der Waals surface area contributed by atoms with E-state index in [9.17, 15) is 8.78 Å². The molecule has 0 saturated heterocycles. The number of hydrogen-bond acceptors (Lipinski definition) is 2. The molecule has 0 radical (unpaired) electrons. The van der Waals surface area contributed by atoms with Crippen LogP contribution in [0.25, 0.3) is 0 Å². The zero-order chi connectivity index (χ0) is 12.1. The van der Waals surface area contributed by atoms with Gasteiger partial charge in [-0.3, -0.25) is 0 Å². The smallest absolute Gasteiger partial charge is 0.238 e. The van der Waals surface area contributed by atoms with Crippen LogP contribution in [0, 0.1) is 0 Å². The molecule has 0 atom stereocenters. The number of alkyl halides is 2. The summed E-state index contributed by atoms with van der Waals surface area (Å²) >= 11 is 0. The number of fused-ring (bicyclic) bond motifs is 1. The predicted octanol–water partition coefficient (Wildman–Crippen LogP) is 3.42. The van der Waals surface area contributed by atoms with E-state index >= 15 is 0 Å². The topological polar surface area (TPSA) is 24.9 Å². The molecule has 0 unspecified atom stereocenters. The van der Waals surface area contributed by atoms with Crippen LogP contribution in [0.2, 0.25) is 0 Å². The standard InChI is InChI=1S/C13H18F2N2/c14-12(15)6-2-1-5-11-8-7-10-4-3-9-16-13(10)17-11/h7-8,12H,1-6,9H2,(H,16,17). The highest BCUT2D eigenvalue weighted by Crippen LogP contribution is 2.20. The number of aryl methyl sites for hydroxylation is 2. The Bertz CT molecular complexity index is 366. The minimum Gasteiger partial charge on any atom is -0.370 e. The van der Waals surface area contributed by atoms with E-state index in [0.717, 1.165) is 43.7 Å². The molecule has 0 fully saturated rings. The Kier molecular flexibility index (Phi) is 4.29. The van der Waals surface area contributed by atoms with Crippen LogP contribution < -0.4 is 5.32 Å². The minimum absolute atomic E-state index is 0.00317. The quantitative estimate of drug-likeness (QED) is 0.798. The number of rotatable bonds is 5. The molecule has 2 heterocycles. The summed E-state index contributed by atoms with van der Waals surface area (Å²) < 4.78 is 23.9. The van der Waals surface area contributed by atoms with Crippen LogP contribution in [0.15, 0.2) is 12.1 Å². The SMILES string of the molecule is FC(F)CCCCc1ccc2c(n1)NCCC2. The van der Waals surface area contributed by atoms with E-state index in [1.807, 2.05) is 6.07 Å². The van der Waals surface area contributed by atoms with E-state index < -0.39 is 6.43 Å². The number of anilines is 1. The van der Waals surface area contributed by atoms with Crippen molar-refractivity contribution in [1.82, 2.24) is 4.98 Å². The van der Waals surface area contributed by atoms with Crippen molar-refractivity contribution >= 4 is 5.82 Å². The zero-order valence-corrected chi connectivity index (χ0v) is 9.88. The summed E-state index contributed by atoms with van der Waals surface area (Å²) in [6, 6.07) is 4.13. The fourth-order valence-corrected chi connectivity index (χ4v) is 2.11. The molecule has 1 aliphatic heterocycles. The number of unbranched alkanes of at least 4 members (excludes halogenated alkanes) is 1. The molecule has 2 rings (SSSR count). The third-order valence-corrected chi connectivity index (χ3v) is 3.06. The Hall–Kier alpha value is -1.19. The van der Waals surface area contributed by atoms with Crippen LogP contribution in [0.1, 0.15) is 36.9 Å². The van der Waals surface area contributed by atoms with Gasteiger partial charge in [0, 0.05) is 18.7 Å². The number of nitrogens with zero attached hydrogens (tertiary/aromatic N) is 1. The first-order chi connectivity index (χ1) is 8.25. The average molecular weight is 240 g/mol. The molecule has 1 aliphatic rings. The Morgan fingerprint density at radius 2 is 2.18 bits per heavy atom. The molecule has 4 heteroatoms. The summed E-state index contributed by atoms with van der Waals surface area (Å²) in [5.74, 6) is 0.989. The molecule has 0 aliphatic carbocycles. The first-order valence-corrected chi connectivity index (χ1v) is 6.26. The van der Waals surface area contributed by atoms with Crippen molar-refractivity contribution in [1.29, 1.82) is 0 Å². The van der Waals surface area contributed by atoms with Gasteiger partial charge in [0.2, 0.25) is 6.43 Å². The third kappa shape index (κ3) is 3.65. The number of aromatic nitrogens is 1. The van der Waals surface area contributed by atoms with E-state index in [1.54, 1.807) is 0 Å².